The first-order chi connectivity index (χ1) is 9.60. The van der Waals surface area contributed by atoms with Crippen LogP contribution in [0.2, 0.25) is 5.02 Å². The molecule has 1 unspecified atom stereocenters. The zero-order valence-corrected chi connectivity index (χ0v) is 12.1. The van der Waals surface area contributed by atoms with Crippen molar-refractivity contribution in [1.82, 2.24) is 10.3 Å². The molecule has 0 aliphatic heterocycles. The SMILES string of the molecule is COc1ccc(CNC(C)c2ccc(Cl)c(F)c2)cn1. The smallest absolute Gasteiger partial charge is 0.212 e. The summed E-state index contributed by atoms with van der Waals surface area (Å²) < 4.78 is 18.4. The molecule has 1 heterocycles. The van der Waals surface area contributed by atoms with Gasteiger partial charge in [0, 0.05) is 24.8 Å². The molecule has 0 saturated heterocycles. The summed E-state index contributed by atoms with van der Waals surface area (Å²) in [6.45, 7) is 2.61. The monoisotopic (exact) mass is 294 g/mol. The lowest BCUT2D eigenvalue weighted by molar-refractivity contribution is 0.397. The second kappa shape index (κ2) is 6.68. The predicted molar refractivity (Wildman–Crippen MR) is 77.5 cm³/mol. The van der Waals surface area contributed by atoms with E-state index in [1.54, 1.807) is 19.4 Å². The van der Waals surface area contributed by atoms with Crippen LogP contribution < -0.4 is 10.1 Å². The molecule has 20 heavy (non-hydrogen) atoms. The third-order valence-corrected chi connectivity index (χ3v) is 3.37. The molecule has 3 nitrogen and oxygen atoms in total. The predicted octanol–water partition coefficient (Wildman–Crippen LogP) is 3.73. The Morgan fingerprint density at radius 3 is 2.75 bits per heavy atom. The Kier molecular flexibility index (Phi) is 4.93. The molecule has 2 aromatic rings. The Labute approximate surface area is 122 Å². The molecule has 5 heteroatoms. The van der Waals surface area contributed by atoms with Crippen molar-refractivity contribution >= 4 is 11.6 Å². The van der Waals surface area contributed by atoms with E-state index in [-0.39, 0.29) is 11.1 Å². The van der Waals surface area contributed by atoms with Gasteiger partial charge in [0.05, 0.1) is 12.1 Å². The second-order valence-electron chi connectivity index (χ2n) is 4.48. The summed E-state index contributed by atoms with van der Waals surface area (Å²) in [5, 5.41) is 3.45. The topological polar surface area (TPSA) is 34.1 Å². The van der Waals surface area contributed by atoms with Gasteiger partial charge in [0.2, 0.25) is 5.88 Å². The van der Waals surface area contributed by atoms with E-state index < -0.39 is 5.82 Å². The van der Waals surface area contributed by atoms with Crippen molar-refractivity contribution in [1.29, 1.82) is 0 Å². The van der Waals surface area contributed by atoms with Crippen LogP contribution in [0.25, 0.3) is 0 Å². The maximum absolute atomic E-state index is 13.4. The molecule has 0 fully saturated rings. The number of hydrogen-bond acceptors (Lipinski definition) is 3. The molecule has 0 radical (unpaired) electrons. The molecule has 1 aromatic carbocycles. The fourth-order valence-corrected chi connectivity index (χ4v) is 1.92. The van der Waals surface area contributed by atoms with E-state index in [2.05, 4.69) is 10.3 Å². The van der Waals surface area contributed by atoms with Crippen molar-refractivity contribution in [2.75, 3.05) is 7.11 Å². The van der Waals surface area contributed by atoms with Crippen LogP contribution in [-0.2, 0) is 6.54 Å². The largest absolute Gasteiger partial charge is 0.481 e. The molecule has 2 rings (SSSR count). The van der Waals surface area contributed by atoms with Crippen LogP contribution in [0.15, 0.2) is 36.5 Å². The molecule has 106 valence electrons. The number of aromatic nitrogens is 1. The number of halogens is 2. The van der Waals surface area contributed by atoms with Gasteiger partial charge in [-0.05, 0) is 30.2 Å². The summed E-state index contributed by atoms with van der Waals surface area (Å²) in [5.41, 5.74) is 1.89. The zero-order chi connectivity index (χ0) is 14.5. The summed E-state index contributed by atoms with van der Waals surface area (Å²) in [4.78, 5) is 4.13. The van der Waals surface area contributed by atoms with Crippen molar-refractivity contribution in [2.24, 2.45) is 0 Å². The Balaban J connectivity index is 1.96. The van der Waals surface area contributed by atoms with Crippen LogP contribution >= 0.6 is 11.6 Å². The fraction of sp³-hybridized carbons (Fsp3) is 0.267. The standard InChI is InChI=1S/C15H16ClFN2O/c1-10(12-4-5-13(16)14(17)7-12)18-8-11-3-6-15(20-2)19-9-11/h3-7,9-10,18H,8H2,1-2H3. The van der Waals surface area contributed by atoms with E-state index in [1.807, 2.05) is 25.1 Å². The highest BCUT2D eigenvalue weighted by atomic mass is 35.5. The molecule has 0 bridgehead atoms. The first kappa shape index (κ1) is 14.8. The maximum atomic E-state index is 13.4. The molecule has 1 atom stereocenters. The first-order valence-electron chi connectivity index (χ1n) is 6.27. The number of nitrogens with one attached hydrogen (secondary N) is 1. The van der Waals surface area contributed by atoms with Gasteiger partial charge in [0.25, 0.3) is 0 Å². The lowest BCUT2D eigenvalue weighted by Crippen LogP contribution is -2.18. The van der Waals surface area contributed by atoms with Crippen molar-refractivity contribution in [3.63, 3.8) is 0 Å². The van der Waals surface area contributed by atoms with E-state index >= 15 is 0 Å². The minimum absolute atomic E-state index is 0.0175. The van der Waals surface area contributed by atoms with Crippen molar-refractivity contribution in [3.8, 4) is 5.88 Å². The third-order valence-electron chi connectivity index (χ3n) is 3.06. The highest BCUT2D eigenvalue weighted by Crippen LogP contribution is 2.20. The summed E-state index contributed by atoms with van der Waals surface area (Å²) in [5.74, 6) is 0.186. The fourth-order valence-electron chi connectivity index (χ4n) is 1.81. The van der Waals surface area contributed by atoms with Gasteiger partial charge in [-0.1, -0.05) is 23.7 Å². The van der Waals surface area contributed by atoms with Gasteiger partial charge >= 0.3 is 0 Å². The number of ether oxygens (including phenoxy) is 1. The number of nitrogens with zero attached hydrogens (tertiary/aromatic N) is 1. The van der Waals surface area contributed by atoms with Crippen molar-refractivity contribution in [3.05, 3.63) is 58.5 Å². The lowest BCUT2D eigenvalue weighted by atomic mass is 10.1. The number of rotatable bonds is 5. The molecule has 0 saturated carbocycles. The third kappa shape index (κ3) is 3.68. The van der Waals surface area contributed by atoms with Crippen LogP contribution in [0.4, 0.5) is 4.39 Å². The van der Waals surface area contributed by atoms with Crippen LogP contribution in [0.5, 0.6) is 5.88 Å². The highest BCUT2D eigenvalue weighted by Gasteiger charge is 2.08. The molecule has 0 amide bonds. The van der Waals surface area contributed by atoms with E-state index in [0.717, 1.165) is 11.1 Å². The van der Waals surface area contributed by atoms with E-state index in [4.69, 9.17) is 16.3 Å². The maximum Gasteiger partial charge on any atom is 0.212 e. The number of hydrogen-bond donors (Lipinski definition) is 1. The molecular formula is C15H16ClFN2O. The van der Waals surface area contributed by atoms with Gasteiger partial charge in [-0.25, -0.2) is 9.37 Å². The molecule has 0 aliphatic rings. The van der Waals surface area contributed by atoms with Gasteiger partial charge in [0.15, 0.2) is 0 Å². The van der Waals surface area contributed by atoms with E-state index in [0.29, 0.717) is 12.4 Å². The molecule has 1 N–H and O–H groups in total. The Morgan fingerprint density at radius 2 is 2.15 bits per heavy atom. The van der Waals surface area contributed by atoms with Crippen LogP contribution in [-0.4, -0.2) is 12.1 Å². The second-order valence-corrected chi connectivity index (χ2v) is 4.89. The molecule has 0 aliphatic carbocycles. The average molecular weight is 295 g/mol. The summed E-state index contributed by atoms with van der Waals surface area (Å²) in [6, 6.07) is 8.60. The first-order valence-corrected chi connectivity index (χ1v) is 6.65. The Bertz CT molecular complexity index is 575. The van der Waals surface area contributed by atoms with Crippen LogP contribution in [0.1, 0.15) is 24.1 Å². The van der Waals surface area contributed by atoms with Crippen LogP contribution in [0, 0.1) is 5.82 Å². The molecule has 1 aromatic heterocycles. The molecule has 0 spiro atoms. The molecular weight excluding hydrogens is 279 g/mol. The Morgan fingerprint density at radius 1 is 1.35 bits per heavy atom. The summed E-state index contributed by atoms with van der Waals surface area (Å²) in [6.07, 6.45) is 1.75. The van der Waals surface area contributed by atoms with Gasteiger partial charge in [0.1, 0.15) is 5.82 Å². The van der Waals surface area contributed by atoms with Gasteiger partial charge in [-0.15, -0.1) is 0 Å². The number of methoxy groups -OCH3 is 1. The van der Waals surface area contributed by atoms with Crippen molar-refractivity contribution in [2.45, 2.75) is 19.5 Å². The minimum Gasteiger partial charge on any atom is -0.481 e. The summed E-state index contributed by atoms with van der Waals surface area (Å²) >= 11 is 5.67. The van der Waals surface area contributed by atoms with Gasteiger partial charge in [-0.3, -0.25) is 0 Å². The Hall–Kier alpha value is -1.65. The zero-order valence-electron chi connectivity index (χ0n) is 11.4. The quantitative estimate of drug-likeness (QED) is 0.912. The van der Waals surface area contributed by atoms with Crippen molar-refractivity contribution < 1.29 is 9.13 Å². The van der Waals surface area contributed by atoms with Crippen LogP contribution in [0.3, 0.4) is 0 Å². The van der Waals surface area contributed by atoms with E-state index in [9.17, 15) is 4.39 Å². The normalized spacial score (nSPS) is 12.2. The van der Waals surface area contributed by atoms with Gasteiger partial charge in [-0.2, -0.15) is 0 Å². The minimum atomic E-state index is -0.399. The highest BCUT2D eigenvalue weighted by molar-refractivity contribution is 6.30. The number of benzene rings is 1. The van der Waals surface area contributed by atoms with E-state index in [1.165, 1.54) is 6.07 Å². The van der Waals surface area contributed by atoms with Gasteiger partial charge < -0.3 is 10.1 Å². The number of pyridine rings is 1. The lowest BCUT2D eigenvalue weighted by Gasteiger charge is -2.14. The average Bonchev–Trinajstić information content (AvgIpc) is 2.48. The summed E-state index contributed by atoms with van der Waals surface area (Å²) in [7, 11) is 1.58.